The van der Waals surface area contributed by atoms with Crippen molar-refractivity contribution in [3.63, 3.8) is 0 Å². The molecule has 0 saturated carbocycles. The van der Waals surface area contributed by atoms with Gasteiger partial charge in [-0.3, -0.25) is 0 Å². The molecule has 0 bridgehead atoms. The zero-order chi connectivity index (χ0) is 8.69. The van der Waals surface area contributed by atoms with Gasteiger partial charge in [-0.25, -0.2) is 0 Å². The van der Waals surface area contributed by atoms with E-state index in [1.807, 2.05) is 6.92 Å². The number of terminal acetylenes is 1. The molecule has 0 saturated heterocycles. The monoisotopic (exact) mass is 148 g/mol. The summed E-state index contributed by atoms with van der Waals surface area (Å²) >= 11 is 0. The normalized spacial score (nSPS) is 14.9. The van der Waals surface area contributed by atoms with Gasteiger partial charge in [-0.15, -0.1) is 6.42 Å². The maximum absolute atomic E-state index is 5.29. The summed E-state index contributed by atoms with van der Waals surface area (Å²) in [6, 6.07) is 0. The van der Waals surface area contributed by atoms with Crippen LogP contribution in [-0.2, 0) is 0 Å². The second-order valence-electron chi connectivity index (χ2n) is 2.57. The molecule has 60 valence electrons. The highest BCUT2D eigenvalue weighted by molar-refractivity contribution is 5.18. The van der Waals surface area contributed by atoms with Gasteiger partial charge < -0.3 is 0 Å². The topological polar surface area (TPSA) is 0 Å². The summed E-state index contributed by atoms with van der Waals surface area (Å²) < 4.78 is 0. The summed E-state index contributed by atoms with van der Waals surface area (Å²) in [6.07, 6.45) is 12.5. The molecule has 0 aromatic rings. The van der Waals surface area contributed by atoms with E-state index < -0.39 is 0 Å². The number of rotatable bonds is 3. The van der Waals surface area contributed by atoms with Crippen molar-refractivity contribution in [2.75, 3.05) is 0 Å². The smallest absolute Gasteiger partial charge is 0.0380 e. The molecule has 11 heavy (non-hydrogen) atoms. The summed E-state index contributed by atoms with van der Waals surface area (Å²) in [4.78, 5) is 0. The fourth-order valence-electron chi connectivity index (χ4n) is 0.674. The minimum Gasteiger partial charge on any atom is -0.119 e. The Hall–Kier alpha value is -0.960. The van der Waals surface area contributed by atoms with Crippen molar-refractivity contribution in [1.82, 2.24) is 0 Å². The van der Waals surface area contributed by atoms with Crippen molar-refractivity contribution in [3.8, 4) is 12.3 Å². The summed E-state index contributed by atoms with van der Waals surface area (Å²) in [7, 11) is 0. The van der Waals surface area contributed by atoms with Crippen molar-refractivity contribution >= 4 is 0 Å². The molecule has 0 heterocycles. The van der Waals surface area contributed by atoms with E-state index >= 15 is 0 Å². The third kappa shape index (κ3) is 4.44. The maximum atomic E-state index is 5.29. The van der Waals surface area contributed by atoms with Gasteiger partial charge in [0.05, 0.1) is 0 Å². The molecule has 0 amide bonds. The Morgan fingerprint density at radius 1 is 1.64 bits per heavy atom. The SMILES string of the molecule is C#CC(/C=C\C(C)=C/C)CC. The second kappa shape index (κ2) is 5.80. The molecule has 0 aliphatic carbocycles. The molecule has 0 spiro atoms. The third-order valence-corrected chi connectivity index (χ3v) is 1.70. The Balaban J connectivity index is 4.02. The Morgan fingerprint density at radius 2 is 2.27 bits per heavy atom. The van der Waals surface area contributed by atoms with Crippen LogP contribution in [0.3, 0.4) is 0 Å². The summed E-state index contributed by atoms with van der Waals surface area (Å²) in [5, 5.41) is 0. The highest BCUT2D eigenvalue weighted by Crippen LogP contribution is 2.04. The zero-order valence-corrected chi connectivity index (χ0v) is 7.59. The molecule has 1 atom stereocenters. The Labute approximate surface area is 70.0 Å². The van der Waals surface area contributed by atoms with Crippen LogP contribution in [0.2, 0.25) is 0 Å². The van der Waals surface area contributed by atoms with E-state index in [-0.39, 0.29) is 0 Å². The highest BCUT2D eigenvalue weighted by Gasteiger charge is 1.92. The minimum atomic E-state index is 0.296. The highest BCUT2D eigenvalue weighted by atomic mass is 14.0. The molecule has 0 aromatic carbocycles. The molecule has 0 nitrogen and oxygen atoms in total. The van der Waals surface area contributed by atoms with Gasteiger partial charge in [0.1, 0.15) is 0 Å². The number of hydrogen-bond acceptors (Lipinski definition) is 0. The molecule has 0 rings (SSSR count). The maximum Gasteiger partial charge on any atom is 0.0380 e. The molecule has 0 aromatic heterocycles. The van der Waals surface area contributed by atoms with Crippen LogP contribution in [0.15, 0.2) is 23.8 Å². The first-order valence-electron chi connectivity index (χ1n) is 4.01. The fraction of sp³-hybridized carbons (Fsp3) is 0.455. The van der Waals surface area contributed by atoms with Crippen molar-refractivity contribution < 1.29 is 0 Å². The third-order valence-electron chi connectivity index (χ3n) is 1.70. The van der Waals surface area contributed by atoms with Gasteiger partial charge >= 0.3 is 0 Å². The standard InChI is InChI=1S/C11H16/c1-5-10(4)8-9-11(6-2)7-3/h2,5,8-9,11H,7H2,1,3-4H3/b9-8-,10-5-. The van der Waals surface area contributed by atoms with Crippen LogP contribution in [0.1, 0.15) is 27.2 Å². The van der Waals surface area contributed by atoms with Crippen molar-refractivity contribution in [1.29, 1.82) is 0 Å². The van der Waals surface area contributed by atoms with E-state index in [9.17, 15) is 0 Å². The van der Waals surface area contributed by atoms with Crippen LogP contribution in [0.4, 0.5) is 0 Å². The van der Waals surface area contributed by atoms with E-state index in [4.69, 9.17) is 6.42 Å². The molecule has 1 unspecified atom stereocenters. The van der Waals surface area contributed by atoms with Crippen LogP contribution in [-0.4, -0.2) is 0 Å². The summed E-state index contributed by atoms with van der Waals surface area (Å²) in [5.41, 5.74) is 1.26. The molecular formula is C11H16. The van der Waals surface area contributed by atoms with Crippen molar-refractivity contribution in [2.24, 2.45) is 5.92 Å². The molecule has 0 radical (unpaired) electrons. The first kappa shape index (κ1) is 10.0. The van der Waals surface area contributed by atoms with Gasteiger partial charge in [-0.05, 0) is 20.3 Å². The van der Waals surface area contributed by atoms with Crippen molar-refractivity contribution in [3.05, 3.63) is 23.8 Å². The van der Waals surface area contributed by atoms with Crippen LogP contribution < -0.4 is 0 Å². The van der Waals surface area contributed by atoms with Gasteiger partial charge in [-0.2, -0.15) is 0 Å². The largest absolute Gasteiger partial charge is 0.119 e. The molecule has 0 fully saturated rings. The summed E-state index contributed by atoms with van der Waals surface area (Å²) in [6.45, 7) is 6.19. The average Bonchev–Trinajstić information content (AvgIpc) is 2.06. The molecule has 0 N–H and O–H groups in total. The van der Waals surface area contributed by atoms with Gasteiger partial charge in [-0.1, -0.05) is 36.6 Å². The van der Waals surface area contributed by atoms with Gasteiger partial charge in [0.15, 0.2) is 0 Å². The first-order chi connectivity index (χ1) is 5.24. The minimum absolute atomic E-state index is 0.296. The van der Waals surface area contributed by atoms with E-state index in [2.05, 4.69) is 38.0 Å². The van der Waals surface area contributed by atoms with E-state index in [1.165, 1.54) is 5.57 Å². The zero-order valence-electron chi connectivity index (χ0n) is 7.59. The predicted octanol–water partition coefficient (Wildman–Crippen LogP) is 3.17. The van der Waals surface area contributed by atoms with Gasteiger partial charge in [0.2, 0.25) is 0 Å². The van der Waals surface area contributed by atoms with Crippen LogP contribution in [0, 0.1) is 18.3 Å². The van der Waals surface area contributed by atoms with E-state index in [0.717, 1.165) is 6.42 Å². The molecular weight excluding hydrogens is 132 g/mol. The molecule has 0 heteroatoms. The van der Waals surface area contributed by atoms with Gasteiger partial charge in [0.25, 0.3) is 0 Å². The van der Waals surface area contributed by atoms with Gasteiger partial charge in [0, 0.05) is 5.92 Å². The Kier molecular flexibility index (Phi) is 5.29. The predicted molar refractivity (Wildman–Crippen MR) is 51.2 cm³/mol. The van der Waals surface area contributed by atoms with Crippen LogP contribution >= 0.6 is 0 Å². The van der Waals surface area contributed by atoms with Crippen LogP contribution in [0.5, 0.6) is 0 Å². The Morgan fingerprint density at radius 3 is 2.64 bits per heavy atom. The lowest BCUT2D eigenvalue weighted by atomic mass is 10.1. The quantitative estimate of drug-likeness (QED) is 0.426. The number of hydrogen-bond donors (Lipinski definition) is 0. The second-order valence-corrected chi connectivity index (χ2v) is 2.57. The summed E-state index contributed by atoms with van der Waals surface area (Å²) in [5.74, 6) is 3.01. The van der Waals surface area contributed by atoms with Crippen LogP contribution in [0.25, 0.3) is 0 Å². The molecule has 0 aliphatic rings. The number of allylic oxidation sites excluding steroid dienone is 4. The van der Waals surface area contributed by atoms with E-state index in [0.29, 0.717) is 5.92 Å². The lowest BCUT2D eigenvalue weighted by Crippen LogP contribution is -1.87. The first-order valence-corrected chi connectivity index (χ1v) is 4.01. The lowest BCUT2D eigenvalue weighted by Gasteiger charge is -1.98. The average molecular weight is 148 g/mol. The van der Waals surface area contributed by atoms with Crippen molar-refractivity contribution in [2.45, 2.75) is 27.2 Å². The fourth-order valence-corrected chi connectivity index (χ4v) is 0.674. The Bertz CT molecular complexity index is 189. The van der Waals surface area contributed by atoms with E-state index in [1.54, 1.807) is 0 Å². The lowest BCUT2D eigenvalue weighted by molar-refractivity contribution is 0.800. The molecule has 0 aliphatic heterocycles.